The second-order valence-corrected chi connectivity index (χ2v) is 7.39. The van der Waals surface area contributed by atoms with Gasteiger partial charge >= 0.3 is 5.97 Å². The van der Waals surface area contributed by atoms with Crippen LogP contribution < -0.4 is 10.9 Å². The molecule has 1 amide bonds. The average Bonchev–Trinajstić information content (AvgIpc) is 3.03. The van der Waals surface area contributed by atoms with E-state index in [1.807, 2.05) is 0 Å². The highest BCUT2D eigenvalue weighted by Crippen LogP contribution is 2.28. The van der Waals surface area contributed by atoms with Crippen LogP contribution in [0.2, 0.25) is 15.1 Å². The van der Waals surface area contributed by atoms with E-state index in [0.717, 1.165) is 10.7 Å². The lowest BCUT2D eigenvalue weighted by Crippen LogP contribution is -2.30. The van der Waals surface area contributed by atoms with Crippen molar-refractivity contribution in [3.63, 3.8) is 0 Å². The van der Waals surface area contributed by atoms with Crippen molar-refractivity contribution >= 4 is 46.7 Å². The lowest BCUT2D eigenvalue weighted by Gasteiger charge is -2.18. The first-order valence-electron chi connectivity index (χ1n) is 8.30. The van der Waals surface area contributed by atoms with E-state index >= 15 is 0 Å². The van der Waals surface area contributed by atoms with Crippen molar-refractivity contribution in [2.24, 2.45) is 0 Å². The molecule has 7 nitrogen and oxygen atoms in total. The number of hydrogen-bond acceptors (Lipinski definition) is 3. The molecule has 10 heteroatoms. The van der Waals surface area contributed by atoms with Crippen molar-refractivity contribution in [1.82, 2.24) is 15.1 Å². The first kappa shape index (κ1) is 21.0. The average molecular weight is 455 g/mol. The predicted molar refractivity (Wildman–Crippen MR) is 110 cm³/mol. The molecule has 3 aromatic rings. The van der Waals surface area contributed by atoms with Gasteiger partial charge < -0.3 is 10.4 Å². The number of aromatic amines is 1. The Balaban J connectivity index is 1.89. The molecule has 0 spiro atoms. The highest BCUT2D eigenvalue weighted by Gasteiger charge is 2.23. The van der Waals surface area contributed by atoms with Crippen LogP contribution in [0.5, 0.6) is 0 Å². The van der Waals surface area contributed by atoms with Crippen LogP contribution in [0.25, 0.3) is 5.69 Å². The van der Waals surface area contributed by atoms with Crippen LogP contribution in [-0.2, 0) is 4.79 Å². The molecule has 29 heavy (non-hydrogen) atoms. The van der Waals surface area contributed by atoms with E-state index in [2.05, 4.69) is 10.4 Å². The lowest BCUT2D eigenvalue weighted by atomic mass is 10.0. The summed E-state index contributed by atoms with van der Waals surface area (Å²) in [6, 6.07) is 11.2. The van der Waals surface area contributed by atoms with Crippen molar-refractivity contribution < 1.29 is 14.7 Å². The molecule has 3 rings (SSSR count). The molecule has 0 radical (unpaired) electrons. The van der Waals surface area contributed by atoms with Gasteiger partial charge in [-0.3, -0.25) is 19.5 Å². The van der Waals surface area contributed by atoms with Crippen LogP contribution in [0.4, 0.5) is 0 Å². The van der Waals surface area contributed by atoms with E-state index in [9.17, 15) is 19.5 Å². The van der Waals surface area contributed by atoms with Gasteiger partial charge in [-0.25, -0.2) is 4.68 Å². The molecule has 2 aromatic carbocycles. The summed E-state index contributed by atoms with van der Waals surface area (Å²) in [6.45, 7) is 0. The standard InChI is InChI=1S/C19H14Cl3N3O4/c20-10-2-1-3-12(6-10)25-17(26)8-16(24-25)19(29)23-15(9-18(27)28)13-5-4-11(21)7-14(13)22/h1-8,15,24H,9H2,(H,23,29)(H,27,28)/t15-/m0/s1. The number of nitrogens with zero attached hydrogens (tertiary/aromatic N) is 1. The van der Waals surface area contributed by atoms with Crippen molar-refractivity contribution in [2.45, 2.75) is 12.5 Å². The molecule has 1 atom stereocenters. The molecule has 1 aromatic heterocycles. The number of carboxylic acids is 1. The molecule has 3 N–H and O–H groups in total. The Bertz CT molecular complexity index is 1140. The molecule has 0 saturated heterocycles. The fourth-order valence-corrected chi connectivity index (χ4v) is 3.48. The smallest absolute Gasteiger partial charge is 0.305 e. The van der Waals surface area contributed by atoms with E-state index < -0.39 is 29.9 Å². The maximum Gasteiger partial charge on any atom is 0.305 e. The fraction of sp³-hybridized carbons (Fsp3) is 0.105. The zero-order valence-electron chi connectivity index (χ0n) is 14.7. The number of carboxylic acid groups (broad SMARTS) is 1. The summed E-state index contributed by atoms with van der Waals surface area (Å²) in [5, 5.41) is 15.5. The summed E-state index contributed by atoms with van der Waals surface area (Å²) >= 11 is 18.0. The summed E-state index contributed by atoms with van der Waals surface area (Å²) < 4.78 is 1.16. The second kappa shape index (κ2) is 8.73. The predicted octanol–water partition coefficient (Wildman–Crippen LogP) is 4.07. The molecular weight excluding hydrogens is 441 g/mol. The van der Waals surface area contributed by atoms with Crippen molar-refractivity contribution in [2.75, 3.05) is 0 Å². The highest BCUT2D eigenvalue weighted by molar-refractivity contribution is 6.35. The number of aliphatic carboxylic acids is 1. The van der Waals surface area contributed by atoms with Crippen LogP contribution in [0.3, 0.4) is 0 Å². The van der Waals surface area contributed by atoms with Crippen LogP contribution >= 0.6 is 34.8 Å². The number of hydrogen-bond donors (Lipinski definition) is 3. The Kier molecular flexibility index (Phi) is 6.32. The minimum Gasteiger partial charge on any atom is -0.481 e. The number of amides is 1. The van der Waals surface area contributed by atoms with Gasteiger partial charge in [0.2, 0.25) is 0 Å². The Morgan fingerprint density at radius 2 is 1.79 bits per heavy atom. The first-order valence-corrected chi connectivity index (χ1v) is 9.43. The zero-order chi connectivity index (χ0) is 21.1. The number of halogens is 3. The number of carbonyl (C=O) groups excluding carboxylic acids is 1. The number of aromatic nitrogens is 2. The van der Waals surface area contributed by atoms with E-state index in [4.69, 9.17) is 34.8 Å². The van der Waals surface area contributed by atoms with Crippen LogP contribution in [-0.4, -0.2) is 26.8 Å². The number of nitrogens with one attached hydrogen (secondary N) is 2. The SMILES string of the molecule is O=C(O)C[C@H](NC(=O)c1cc(=O)n(-c2cccc(Cl)c2)[nH]1)c1ccc(Cl)cc1Cl. The van der Waals surface area contributed by atoms with Crippen molar-refractivity contribution in [1.29, 1.82) is 0 Å². The normalized spacial score (nSPS) is 11.8. The van der Waals surface area contributed by atoms with Gasteiger partial charge in [-0.15, -0.1) is 0 Å². The molecule has 0 unspecified atom stereocenters. The summed E-state index contributed by atoms with van der Waals surface area (Å²) in [4.78, 5) is 36.2. The number of H-pyrrole nitrogens is 1. The quantitative estimate of drug-likeness (QED) is 0.522. The maximum absolute atomic E-state index is 12.7. The van der Waals surface area contributed by atoms with Crippen LogP contribution in [0, 0.1) is 0 Å². The summed E-state index contributed by atoms with van der Waals surface area (Å²) in [5.41, 5.74) is 0.319. The van der Waals surface area contributed by atoms with E-state index in [1.54, 1.807) is 36.4 Å². The summed E-state index contributed by atoms with van der Waals surface area (Å²) in [6.07, 6.45) is -0.410. The van der Waals surface area contributed by atoms with E-state index in [-0.39, 0.29) is 10.7 Å². The lowest BCUT2D eigenvalue weighted by molar-refractivity contribution is -0.137. The van der Waals surface area contributed by atoms with Crippen LogP contribution in [0.15, 0.2) is 53.3 Å². The van der Waals surface area contributed by atoms with Crippen molar-refractivity contribution in [3.05, 3.63) is 85.2 Å². The van der Waals surface area contributed by atoms with E-state index in [0.29, 0.717) is 21.3 Å². The van der Waals surface area contributed by atoms with Crippen molar-refractivity contribution in [3.8, 4) is 5.69 Å². The summed E-state index contributed by atoms with van der Waals surface area (Å²) in [5.74, 6) is -1.80. The van der Waals surface area contributed by atoms with Gasteiger partial charge in [-0.05, 0) is 35.9 Å². The van der Waals surface area contributed by atoms with E-state index in [1.165, 1.54) is 6.07 Å². The van der Waals surface area contributed by atoms with Gasteiger partial charge in [0.25, 0.3) is 11.5 Å². The molecule has 0 aliphatic carbocycles. The topological polar surface area (TPSA) is 104 Å². The first-order chi connectivity index (χ1) is 13.7. The Morgan fingerprint density at radius 1 is 1.07 bits per heavy atom. The molecule has 0 aliphatic rings. The van der Waals surface area contributed by atoms with Gasteiger partial charge in [-0.1, -0.05) is 46.9 Å². The number of carbonyl (C=O) groups is 2. The molecule has 150 valence electrons. The second-order valence-electron chi connectivity index (χ2n) is 6.11. The Morgan fingerprint density at radius 3 is 2.45 bits per heavy atom. The van der Waals surface area contributed by atoms with Gasteiger partial charge in [0.15, 0.2) is 0 Å². The van der Waals surface area contributed by atoms with Gasteiger partial charge in [0.05, 0.1) is 18.2 Å². The Labute approximate surface area is 179 Å². The molecule has 1 heterocycles. The largest absolute Gasteiger partial charge is 0.481 e. The maximum atomic E-state index is 12.7. The minimum absolute atomic E-state index is 0.0459. The van der Waals surface area contributed by atoms with Crippen LogP contribution in [0.1, 0.15) is 28.5 Å². The van der Waals surface area contributed by atoms with Gasteiger partial charge in [-0.2, -0.15) is 0 Å². The molecule has 0 fully saturated rings. The minimum atomic E-state index is -1.13. The zero-order valence-corrected chi connectivity index (χ0v) is 16.9. The molecule has 0 saturated carbocycles. The highest BCUT2D eigenvalue weighted by atomic mass is 35.5. The molecular formula is C19H14Cl3N3O4. The fourth-order valence-electron chi connectivity index (χ4n) is 2.75. The third kappa shape index (κ3) is 5.00. The number of rotatable bonds is 6. The van der Waals surface area contributed by atoms with Gasteiger partial charge in [0.1, 0.15) is 5.69 Å². The van der Waals surface area contributed by atoms with Gasteiger partial charge in [0, 0.05) is 21.1 Å². The molecule has 0 aliphatic heterocycles. The monoisotopic (exact) mass is 453 g/mol. The molecule has 0 bridgehead atoms. The Hall–Kier alpha value is -2.74. The third-order valence-corrected chi connectivity index (χ3v) is 4.85. The summed E-state index contributed by atoms with van der Waals surface area (Å²) in [7, 11) is 0. The third-order valence-electron chi connectivity index (χ3n) is 4.05. The number of benzene rings is 2.